The average Bonchev–Trinajstić information content (AvgIpc) is 2.61. The standard InChI is InChI=1S/C8H15N3O2S/c1-9-5-7-10-11-8(14-7)6-13-4-3-12-2/h9H,3-6H2,1-2H3. The third kappa shape index (κ3) is 4.10. The third-order valence-electron chi connectivity index (χ3n) is 1.49. The second-order valence-electron chi connectivity index (χ2n) is 2.67. The van der Waals surface area contributed by atoms with Gasteiger partial charge in [0.15, 0.2) is 0 Å². The molecule has 14 heavy (non-hydrogen) atoms. The maximum Gasteiger partial charge on any atom is 0.143 e. The van der Waals surface area contributed by atoms with Gasteiger partial charge in [-0.2, -0.15) is 0 Å². The van der Waals surface area contributed by atoms with Gasteiger partial charge in [0.05, 0.1) is 13.2 Å². The Morgan fingerprint density at radius 3 is 2.79 bits per heavy atom. The summed E-state index contributed by atoms with van der Waals surface area (Å²) >= 11 is 1.56. The minimum atomic E-state index is 0.519. The first kappa shape index (κ1) is 11.5. The van der Waals surface area contributed by atoms with Crippen molar-refractivity contribution >= 4 is 11.3 Å². The summed E-state index contributed by atoms with van der Waals surface area (Å²) in [6.07, 6.45) is 0. The van der Waals surface area contributed by atoms with Crippen molar-refractivity contribution in [2.45, 2.75) is 13.2 Å². The molecule has 0 aromatic carbocycles. The number of ether oxygens (including phenoxy) is 2. The molecule has 0 atom stereocenters. The molecule has 6 heteroatoms. The first-order chi connectivity index (χ1) is 6.86. The van der Waals surface area contributed by atoms with Crippen LogP contribution in [0.15, 0.2) is 0 Å². The van der Waals surface area contributed by atoms with Crippen molar-refractivity contribution in [1.29, 1.82) is 0 Å². The van der Waals surface area contributed by atoms with Crippen molar-refractivity contribution in [2.75, 3.05) is 27.4 Å². The number of hydrogen-bond donors (Lipinski definition) is 1. The molecule has 0 spiro atoms. The van der Waals surface area contributed by atoms with Crippen LogP contribution in [-0.2, 0) is 22.6 Å². The molecule has 0 aliphatic carbocycles. The number of nitrogens with one attached hydrogen (secondary N) is 1. The minimum Gasteiger partial charge on any atom is -0.382 e. The molecule has 0 unspecified atom stereocenters. The highest BCUT2D eigenvalue weighted by Crippen LogP contribution is 2.09. The molecule has 0 radical (unpaired) electrons. The van der Waals surface area contributed by atoms with Gasteiger partial charge in [-0.3, -0.25) is 0 Å². The highest BCUT2D eigenvalue weighted by Gasteiger charge is 2.02. The Morgan fingerprint density at radius 2 is 2.07 bits per heavy atom. The molecule has 5 nitrogen and oxygen atoms in total. The van der Waals surface area contributed by atoms with Crippen LogP contribution in [0.5, 0.6) is 0 Å². The molecule has 1 N–H and O–H groups in total. The average molecular weight is 217 g/mol. The van der Waals surface area contributed by atoms with Gasteiger partial charge in [-0.1, -0.05) is 11.3 Å². The Morgan fingerprint density at radius 1 is 1.29 bits per heavy atom. The number of nitrogens with zero attached hydrogens (tertiary/aromatic N) is 2. The van der Waals surface area contributed by atoms with Crippen molar-refractivity contribution in [3.05, 3.63) is 10.0 Å². The van der Waals surface area contributed by atoms with E-state index in [1.807, 2.05) is 7.05 Å². The van der Waals surface area contributed by atoms with Crippen LogP contribution in [0.2, 0.25) is 0 Å². The van der Waals surface area contributed by atoms with E-state index >= 15 is 0 Å². The van der Waals surface area contributed by atoms with Gasteiger partial charge in [-0.05, 0) is 7.05 Å². The zero-order chi connectivity index (χ0) is 10.2. The fourth-order valence-corrected chi connectivity index (χ4v) is 1.67. The summed E-state index contributed by atoms with van der Waals surface area (Å²) in [6, 6.07) is 0. The van der Waals surface area contributed by atoms with E-state index in [2.05, 4.69) is 15.5 Å². The fourth-order valence-electron chi connectivity index (χ4n) is 0.871. The van der Waals surface area contributed by atoms with Gasteiger partial charge in [-0.25, -0.2) is 0 Å². The zero-order valence-corrected chi connectivity index (χ0v) is 9.26. The summed E-state index contributed by atoms with van der Waals surface area (Å²) in [5.41, 5.74) is 0. The van der Waals surface area contributed by atoms with Gasteiger partial charge < -0.3 is 14.8 Å². The maximum absolute atomic E-state index is 5.31. The Balaban J connectivity index is 2.22. The van der Waals surface area contributed by atoms with Crippen LogP contribution >= 0.6 is 11.3 Å². The molecule has 0 fully saturated rings. The van der Waals surface area contributed by atoms with Crippen LogP contribution in [0.25, 0.3) is 0 Å². The van der Waals surface area contributed by atoms with Crippen LogP contribution in [0.4, 0.5) is 0 Å². The summed E-state index contributed by atoms with van der Waals surface area (Å²) in [6.45, 7) is 2.49. The van der Waals surface area contributed by atoms with Crippen LogP contribution in [0, 0.1) is 0 Å². The molecule has 0 aliphatic rings. The summed E-state index contributed by atoms with van der Waals surface area (Å²) in [5.74, 6) is 0. The number of hydrogen-bond acceptors (Lipinski definition) is 6. The van der Waals surface area contributed by atoms with E-state index in [9.17, 15) is 0 Å². The fraction of sp³-hybridized carbons (Fsp3) is 0.750. The molecule has 1 heterocycles. The predicted octanol–water partition coefficient (Wildman–Crippen LogP) is 0.420. The summed E-state index contributed by atoms with van der Waals surface area (Å²) in [4.78, 5) is 0. The van der Waals surface area contributed by atoms with E-state index in [0.29, 0.717) is 19.8 Å². The van der Waals surface area contributed by atoms with Gasteiger partial charge in [-0.15, -0.1) is 10.2 Å². The molecule has 1 rings (SSSR count). The lowest BCUT2D eigenvalue weighted by Crippen LogP contribution is -2.04. The Kier molecular flexibility index (Phi) is 5.62. The molecular weight excluding hydrogens is 202 g/mol. The molecule has 80 valence electrons. The molecule has 0 saturated carbocycles. The first-order valence-corrected chi connectivity index (χ1v) is 5.21. The van der Waals surface area contributed by atoms with E-state index < -0.39 is 0 Å². The second kappa shape index (κ2) is 6.83. The number of rotatable bonds is 7. The largest absolute Gasteiger partial charge is 0.382 e. The predicted molar refractivity (Wildman–Crippen MR) is 54.2 cm³/mol. The van der Waals surface area contributed by atoms with E-state index in [1.54, 1.807) is 18.4 Å². The zero-order valence-electron chi connectivity index (χ0n) is 8.45. The Bertz CT molecular complexity index is 254. The van der Waals surface area contributed by atoms with Crippen molar-refractivity contribution in [3.8, 4) is 0 Å². The highest BCUT2D eigenvalue weighted by atomic mass is 32.1. The van der Waals surface area contributed by atoms with Gasteiger partial charge in [0.25, 0.3) is 0 Å². The van der Waals surface area contributed by atoms with E-state index in [4.69, 9.17) is 9.47 Å². The number of methoxy groups -OCH3 is 1. The summed E-state index contributed by atoms with van der Waals surface area (Å²) < 4.78 is 10.2. The van der Waals surface area contributed by atoms with Crippen molar-refractivity contribution in [1.82, 2.24) is 15.5 Å². The lowest BCUT2D eigenvalue weighted by molar-refractivity contribution is 0.0613. The molecule has 0 amide bonds. The van der Waals surface area contributed by atoms with Crippen LogP contribution in [0.3, 0.4) is 0 Å². The molecule has 0 bridgehead atoms. The molecular formula is C8H15N3O2S. The second-order valence-corrected chi connectivity index (χ2v) is 3.81. The van der Waals surface area contributed by atoms with Gasteiger partial charge in [0.2, 0.25) is 0 Å². The molecule has 0 saturated heterocycles. The van der Waals surface area contributed by atoms with E-state index in [1.165, 1.54) is 0 Å². The Hall–Kier alpha value is -0.560. The maximum atomic E-state index is 5.31. The summed E-state index contributed by atoms with van der Waals surface area (Å²) in [5, 5.41) is 12.9. The third-order valence-corrected chi connectivity index (χ3v) is 2.39. The van der Waals surface area contributed by atoms with Crippen molar-refractivity contribution in [2.24, 2.45) is 0 Å². The minimum absolute atomic E-state index is 0.519. The monoisotopic (exact) mass is 217 g/mol. The van der Waals surface area contributed by atoms with E-state index in [-0.39, 0.29) is 0 Å². The lowest BCUT2D eigenvalue weighted by Gasteiger charge is -1.98. The van der Waals surface area contributed by atoms with Crippen molar-refractivity contribution < 1.29 is 9.47 Å². The highest BCUT2D eigenvalue weighted by molar-refractivity contribution is 7.11. The van der Waals surface area contributed by atoms with Gasteiger partial charge >= 0.3 is 0 Å². The van der Waals surface area contributed by atoms with Crippen LogP contribution < -0.4 is 5.32 Å². The molecule has 1 aromatic rings. The van der Waals surface area contributed by atoms with E-state index in [0.717, 1.165) is 16.6 Å². The Labute approximate surface area is 87.4 Å². The molecule has 0 aliphatic heterocycles. The van der Waals surface area contributed by atoms with Crippen LogP contribution in [0.1, 0.15) is 10.0 Å². The topological polar surface area (TPSA) is 56.3 Å². The van der Waals surface area contributed by atoms with Gasteiger partial charge in [0.1, 0.15) is 16.6 Å². The first-order valence-electron chi connectivity index (χ1n) is 4.39. The smallest absolute Gasteiger partial charge is 0.143 e. The van der Waals surface area contributed by atoms with Crippen LogP contribution in [-0.4, -0.2) is 37.6 Å². The lowest BCUT2D eigenvalue weighted by atomic mass is 10.7. The van der Waals surface area contributed by atoms with Gasteiger partial charge in [0, 0.05) is 13.7 Å². The SMILES string of the molecule is CNCc1nnc(COCCOC)s1. The quantitative estimate of drug-likeness (QED) is 0.671. The molecule has 1 aromatic heterocycles. The summed E-state index contributed by atoms with van der Waals surface area (Å²) in [7, 11) is 3.54. The number of aromatic nitrogens is 2. The normalized spacial score (nSPS) is 10.7. The van der Waals surface area contributed by atoms with Crippen molar-refractivity contribution in [3.63, 3.8) is 0 Å².